The molecule has 0 aromatic carbocycles. The van der Waals surface area contributed by atoms with Gasteiger partial charge in [-0.3, -0.25) is 0 Å². The van der Waals surface area contributed by atoms with E-state index in [1.165, 1.54) is 0 Å². The summed E-state index contributed by atoms with van der Waals surface area (Å²) in [6.45, 7) is 13.4. The van der Waals surface area contributed by atoms with E-state index < -0.39 is 0 Å². The zero-order valence-corrected chi connectivity index (χ0v) is 7.58. The first kappa shape index (κ1) is 8.96. The molecule has 58 valence electrons. The first-order valence-corrected chi connectivity index (χ1v) is 3.58. The number of nitrogens with two attached hydrogens (primary N) is 1. The van der Waals surface area contributed by atoms with Crippen molar-refractivity contribution in [3.05, 3.63) is 0 Å². The molecule has 0 amide bonds. The lowest BCUT2D eigenvalue weighted by molar-refractivity contribution is -0.772. The van der Waals surface area contributed by atoms with Crippen LogP contribution >= 0.6 is 0 Å². The third-order valence-electron chi connectivity index (χ3n) is 0.866. The van der Waals surface area contributed by atoms with E-state index in [0.717, 1.165) is 0 Å². The topological polar surface area (TPSA) is 16.6 Å². The Balaban J connectivity index is 0. The van der Waals surface area contributed by atoms with Crippen molar-refractivity contribution in [1.82, 2.24) is 0 Å². The molecule has 0 rings (SSSR count). The first-order valence-electron chi connectivity index (χ1n) is 3.58. The number of quaternary nitrogens is 1. The molecule has 0 heterocycles. The molecule has 0 atom stereocenters. The maximum atomic E-state index is 2.38. The van der Waals surface area contributed by atoms with Crippen LogP contribution in [0.5, 0.6) is 0 Å². The van der Waals surface area contributed by atoms with Crippen LogP contribution in [-0.2, 0) is 0 Å². The summed E-state index contributed by atoms with van der Waals surface area (Å²) in [6.07, 6.45) is 0. The Labute approximate surface area is 60.3 Å². The maximum absolute atomic E-state index is 2.38. The van der Waals surface area contributed by atoms with Crippen molar-refractivity contribution in [2.24, 2.45) is 0 Å². The molecule has 0 saturated carbocycles. The van der Waals surface area contributed by atoms with Crippen LogP contribution in [0.3, 0.4) is 0 Å². The highest BCUT2D eigenvalue weighted by Gasteiger charge is 2.22. The van der Waals surface area contributed by atoms with Gasteiger partial charge in [0.1, 0.15) is 0 Å². The summed E-state index contributed by atoms with van der Waals surface area (Å²) in [5.41, 5.74) is 0.719. The van der Waals surface area contributed by atoms with Gasteiger partial charge in [0.2, 0.25) is 0 Å². The second-order valence-electron chi connectivity index (χ2n) is 4.88. The van der Waals surface area contributed by atoms with Crippen molar-refractivity contribution in [2.45, 2.75) is 52.6 Å². The van der Waals surface area contributed by atoms with Gasteiger partial charge in [0.05, 0.1) is 11.1 Å². The van der Waals surface area contributed by atoms with E-state index in [9.17, 15) is 0 Å². The lowest BCUT2D eigenvalue weighted by atomic mass is 10.0. The van der Waals surface area contributed by atoms with Crippen LogP contribution in [0.4, 0.5) is 0 Å². The molecular formula is C8H21N. The summed E-state index contributed by atoms with van der Waals surface area (Å²) in [6, 6.07) is 0. The van der Waals surface area contributed by atoms with Crippen molar-refractivity contribution in [3.63, 3.8) is 0 Å². The summed E-state index contributed by atoms with van der Waals surface area (Å²) in [5, 5.41) is 2.38. The van der Waals surface area contributed by atoms with Crippen LogP contribution in [0.25, 0.3) is 0 Å². The van der Waals surface area contributed by atoms with Crippen LogP contribution in [-0.4, -0.2) is 11.1 Å². The van der Waals surface area contributed by atoms with Crippen molar-refractivity contribution in [3.8, 4) is 0 Å². The minimum atomic E-state index is 0. The Morgan fingerprint density at radius 3 is 1.00 bits per heavy atom. The van der Waals surface area contributed by atoms with Crippen LogP contribution in [0, 0.1) is 0 Å². The molecule has 0 bridgehead atoms. The van der Waals surface area contributed by atoms with E-state index in [-0.39, 0.29) is 1.43 Å². The summed E-state index contributed by atoms with van der Waals surface area (Å²) in [4.78, 5) is 0. The molecule has 0 aromatic rings. The zero-order chi connectivity index (χ0) is 7.71. The second kappa shape index (κ2) is 2.30. The monoisotopic (exact) mass is 131 g/mol. The standard InChI is InChI=1S/C8H19N.H/c1-7(2,3)9-8(4,5)6;/h9H,1-6H3;/q;-1/p+1. The average Bonchev–Trinajstić information content (AvgIpc) is 1.14. The Morgan fingerprint density at radius 1 is 0.778 bits per heavy atom. The predicted molar refractivity (Wildman–Crippen MR) is 42.5 cm³/mol. The smallest absolute Gasteiger partial charge is 0.0879 e. The van der Waals surface area contributed by atoms with Crippen LogP contribution in [0.2, 0.25) is 0 Å². The van der Waals surface area contributed by atoms with E-state index in [4.69, 9.17) is 0 Å². The molecule has 1 nitrogen and oxygen atoms in total. The fourth-order valence-electron chi connectivity index (χ4n) is 1.30. The van der Waals surface area contributed by atoms with Gasteiger partial charge in [-0.15, -0.1) is 0 Å². The molecule has 0 aliphatic rings. The molecule has 0 spiro atoms. The van der Waals surface area contributed by atoms with Crippen LogP contribution in [0.1, 0.15) is 43.0 Å². The van der Waals surface area contributed by atoms with Crippen molar-refractivity contribution in [2.75, 3.05) is 0 Å². The fraction of sp³-hybridized carbons (Fsp3) is 1.00. The van der Waals surface area contributed by atoms with Crippen molar-refractivity contribution < 1.29 is 6.74 Å². The number of hydrogen-bond donors (Lipinski definition) is 1. The molecule has 0 aliphatic carbocycles. The maximum Gasteiger partial charge on any atom is 0.0879 e. The second-order valence-corrected chi connectivity index (χ2v) is 4.88. The van der Waals surface area contributed by atoms with Gasteiger partial charge in [-0.1, -0.05) is 0 Å². The van der Waals surface area contributed by atoms with Crippen molar-refractivity contribution >= 4 is 0 Å². The lowest BCUT2D eigenvalue weighted by Crippen LogP contribution is -3.02. The van der Waals surface area contributed by atoms with E-state index in [0.29, 0.717) is 11.1 Å². The summed E-state index contributed by atoms with van der Waals surface area (Å²) < 4.78 is 0. The molecule has 0 radical (unpaired) electrons. The highest BCUT2D eigenvalue weighted by atomic mass is 15.0. The molecule has 0 fully saturated rings. The predicted octanol–water partition coefficient (Wildman–Crippen LogP) is 1.26. The highest BCUT2D eigenvalue weighted by Crippen LogP contribution is 1.96. The third kappa shape index (κ3) is 7.96. The molecular weight excluding hydrogens is 110 g/mol. The third-order valence-corrected chi connectivity index (χ3v) is 0.866. The van der Waals surface area contributed by atoms with Crippen molar-refractivity contribution in [1.29, 1.82) is 0 Å². The Bertz CT molecular complexity index is 74.4. The van der Waals surface area contributed by atoms with Gasteiger partial charge >= 0.3 is 0 Å². The van der Waals surface area contributed by atoms with Gasteiger partial charge in [-0.25, -0.2) is 0 Å². The van der Waals surface area contributed by atoms with Crippen LogP contribution in [0.15, 0.2) is 0 Å². The summed E-state index contributed by atoms with van der Waals surface area (Å²) in [5.74, 6) is 0. The van der Waals surface area contributed by atoms with Gasteiger partial charge in [0.15, 0.2) is 0 Å². The summed E-state index contributed by atoms with van der Waals surface area (Å²) in [7, 11) is 0. The molecule has 1 heteroatoms. The Hall–Kier alpha value is -0.0400. The van der Waals surface area contributed by atoms with E-state index >= 15 is 0 Å². The minimum Gasteiger partial charge on any atom is -1.00 e. The van der Waals surface area contributed by atoms with Gasteiger partial charge in [-0.05, 0) is 41.5 Å². The van der Waals surface area contributed by atoms with Crippen LogP contribution < -0.4 is 5.32 Å². The Morgan fingerprint density at radius 2 is 1.00 bits per heavy atom. The molecule has 9 heavy (non-hydrogen) atoms. The SMILES string of the molecule is CC(C)(C)[NH2+]C(C)(C)C.[H-]. The first-order chi connectivity index (χ1) is 3.71. The zero-order valence-electron chi connectivity index (χ0n) is 8.58. The van der Waals surface area contributed by atoms with Gasteiger partial charge in [0, 0.05) is 0 Å². The molecule has 0 aromatic heterocycles. The van der Waals surface area contributed by atoms with Gasteiger partial charge in [-0.2, -0.15) is 0 Å². The molecule has 0 aliphatic heterocycles. The fourth-order valence-corrected chi connectivity index (χ4v) is 1.30. The normalized spacial score (nSPS) is 14.0. The van der Waals surface area contributed by atoms with Gasteiger partial charge in [0.25, 0.3) is 0 Å². The molecule has 2 N–H and O–H groups in total. The van der Waals surface area contributed by atoms with Gasteiger partial charge < -0.3 is 6.74 Å². The largest absolute Gasteiger partial charge is 1.00 e. The van der Waals surface area contributed by atoms with E-state index in [1.54, 1.807) is 0 Å². The minimum absolute atomic E-state index is 0. The average molecular weight is 131 g/mol. The van der Waals surface area contributed by atoms with E-state index in [1.807, 2.05) is 0 Å². The lowest BCUT2D eigenvalue weighted by Gasteiger charge is -2.27. The quantitative estimate of drug-likeness (QED) is 0.509. The summed E-state index contributed by atoms with van der Waals surface area (Å²) >= 11 is 0. The van der Waals surface area contributed by atoms with E-state index in [2.05, 4.69) is 46.9 Å². The molecule has 0 unspecified atom stereocenters. The number of hydrogen-bond acceptors (Lipinski definition) is 0. The number of rotatable bonds is 0. The highest BCUT2D eigenvalue weighted by molar-refractivity contribution is 4.60. The molecule has 0 saturated heterocycles. The Kier molecular flexibility index (Phi) is 2.29.